The fraction of sp³-hybridized carbons (Fsp3) is 0.692. The van der Waals surface area contributed by atoms with Crippen molar-refractivity contribution in [1.82, 2.24) is 0 Å². The van der Waals surface area contributed by atoms with E-state index in [9.17, 15) is 9.59 Å². The summed E-state index contributed by atoms with van der Waals surface area (Å²) in [4.78, 5) is 23.7. The standard InChI is InChI=1S/C26H44NO5/c1-7-8-9-10-11-12-17-27(4,5)18-23-13-15-24(16-14-23)19-31-25(29)26(3,20-30-6)21-32-22(2)28/h13-16H,7-12,17-21H2,1-6H3/q+1. The van der Waals surface area contributed by atoms with Gasteiger partial charge in [-0.1, -0.05) is 56.9 Å². The first-order valence-electron chi connectivity index (χ1n) is 11.8. The second-order valence-corrected chi connectivity index (χ2v) is 9.75. The highest BCUT2D eigenvalue weighted by Gasteiger charge is 2.36. The summed E-state index contributed by atoms with van der Waals surface area (Å²) in [6, 6.07) is 8.23. The molecule has 0 saturated carbocycles. The number of benzene rings is 1. The summed E-state index contributed by atoms with van der Waals surface area (Å²) in [7, 11) is 6.06. The van der Waals surface area contributed by atoms with E-state index in [1.165, 1.54) is 64.7 Å². The number of carbonyl (C=O) groups is 2. The molecule has 0 aliphatic carbocycles. The lowest BCUT2D eigenvalue weighted by atomic mass is 9.93. The average Bonchev–Trinajstić information content (AvgIpc) is 2.74. The van der Waals surface area contributed by atoms with Crippen molar-refractivity contribution in [3.05, 3.63) is 35.4 Å². The minimum absolute atomic E-state index is 0.0699. The third kappa shape index (κ3) is 11.1. The number of carbonyl (C=O) groups excluding carboxylic acids is 2. The van der Waals surface area contributed by atoms with Crippen LogP contribution in [0.3, 0.4) is 0 Å². The van der Waals surface area contributed by atoms with E-state index in [4.69, 9.17) is 14.2 Å². The van der Waals surface area contributed by atoms with E-state index in [1.54, 1.807) is 6.92 Å². The van der Waals surface area contributed by atoms with E-state index in [0.717, 1.165) is 16.6 Å². The first-order valence-corrected chi connectivity index (χ1v) is 11.8. The summed E-state index contributed by atoms with van der Waals surface area (Å²) in [5, 5.41) is 0. The second-order valence-electron chi connectivity index (χ2n) is 9.75. The summed E-state index contributed by atoms with van der Waals surface area (Å²) < 4.78 is 16.6. The monoisotopic (exact) mass is 450 g/mol. The van der Waals surface area contributed by atoms with Gasteiger partial charge in [0.05, 0.1) is 27.2 Å². The molecular weight excluding hydrogens is 406 g/mol. The van der Waals surface area contributed by atoms with Gasteiger partial charge < -0.3 is 18.7 Å². The number of hydrogen-bond acceptors (Lipinski definition) is 5. The quantitative estimate of drug-likeness (QED) is 0.204. The molecule has 0 saturated heterocycles. The lowest BCUT2D eigenvalue weighted by Gasteiger charge is -2.30. The van der Waals surface area contributed by atoms with Gasteiger partial charge in [-0.25, -0.2) is 0 Å². The Morgan fingerprint density at radius 2 is 1.50 bits per heavy atom. The maximum atomic E-state index is 12.6. The van der Waals surface area contributed by atoms with E-state index < -0.39 is 17.4 Å². The third-order valence-electron chi connectivity index (χ3n) is 5.67. The van der Waals surface area contributed by atoms with Gasteiger partial charge in [-0.3, -0.25) is 9.59 Å². The van der Waals surface area contributed by atoms with Gasteiger partial charge in [0.1, 0.15) is 25.2 Å². The molecule has 0 radical (unpaired) electrons. The molecule has 1 atom stereocenters. The van der Waals surface area contributed by atoms with Crippen molar-refractivity contribution in [1.29, 1.82) is 0 Å². The molecule has 1 aromatic rings. The SMILES string of the molecule is CCCCCCCC[N+](C)(C)Cc1ccc(COC(=O)C(C)(COC)COC(C)=O)cc1. The first kappa shape index (κ1) is 28.1. The molecule has 182 valence electrons. The zero-order chi connectivity index (χ0) is 24.0. The van der Waals surface area contributed by atoms with Crippen LogP contribution in [0.2, 0.25) is 0 Å². The molecule has 0 heterocycles. The molecule has 1 rings (SSSR count). The molecule has 0 aliphatic rings. The van der Waals surface area contributed by atoms with Gasteiger partial charge >= 0.3 is 11.9 Å². The highest BCUT2D eigenvalue weighted by atomic mass is 16.6. The number of esters is 2. The van der Waals surface area contributed by atoms with Crippen LogP contribution in [-0.4, -0.2) is 57.4 Å². The molecule has 0 N–H and O–H groups in total. The third-order valence-corrected chi connectivity index (χ3v) is 5.67. The van der Waals surface area contributed by atoms with Crippen LogP contribution in [0.4, 0.5) is 0 Å². The number of nitrogens with zero attached hydrogens (tertiary/aromatic N) is 1. The Hall–Kier alpha value is -1.92. The number of hydrogen-bond donors (Lipinski definition) is 0. The van der Waals surface area contributed by atoms with Gasteiger partial charge in [0, 0.05) is 19.6 Å². The summed E-state index contributed by atoms with van der Waals surface area (Å²) in [6.45, 7) is 7.61. The summed E-state index contributed by atoms with van der Waals surface area (Å²) >= 11 is 0. The fourth-order valence-electron chi connectivity index (χ4n) is 3.70. The lowest BCUT2D eigenvalue weighted by Crippen LogP contribution is -2.39. The molecule has 0 aliphatic heterocycles. The summed E-state index contributed by atoms with van der Waals surface area (Å²) in [5.41, 5.74) is 1.17. The Labute approximate surface area is 194 Å². The molecule has 0 aromatic heterocycles. The van der Waals surface area contributed by atoms with Crippen LogP contribution < -0.4 is 0 Å². The van der Waals surface area contributed by atoms with Crippen molar-refractivity contribution >= 4 is 11.9 Å². The van der Waals surface area contributed by atoms with Gasteiger partial charge in [-0.15, -0.1) is 0 Å². The molecular formula is C26H44NO5+. The number of quaternary nitrogens is 1. The summed E-state index contributed by atoms with van der Waals surface area (Å²) in [6.07, 6.45) is 7.90. The minimum atomic E-state index is -1.03. The van der Waals surface area contributed by atoms with E-state index in [1.807, 2.05) is 12.1 Å². The van der Waals surface area contributed by atoms with Gasteiger partial charge in [0.25, 0.3) is 0 Å². The minimum Gasteiger partial charge on any atom is -0.465 e. The Morgan fingerprint density at radius 3 is 2.09 bits per heavy atom. The van der Waals surface area contributed by atoms with Crippen molar-refractivity contribution in [2.24, 2.45) is 5.41 Å². The van der Waals surface area contributed by atoms with Crippen molar-refractivity contribution in [3.8, 4) is 0 Å². The van der Waals surface area contributed by atoms with E-state index in [0.29, 0.717) is 0 Å². The van der Waals surface area contributed by atoms with Crippen LogP contribution in [-0.2, 0) is 37.0 Å². The molecule has 1 aromatic carbocycles. The van der Waals surface area contributed by atoms with Crippen LogP contribution in [0, 0.1) is 5.41 Å². The predicted molar refractivity (Wildman–Crippen MR) is 127 cm³/mol. The van der Waals surface area contributed by atoms with Crippen molar-refractivity contribution in [2.45, 2.75) is 72.4 Å². The normalized spacial score (nSPS) is 13.4. The molecule has 32 heavy (non-hydrogen) atoms. The van der Waals surface area contributed by atoms with Crippen molar-refractivity contribution in [2.75, 3.05) is 41.0 Å². The Bertz CT molecular complexity index is 686. The highest BCUT2D eigenvalue weighted by Crippen LogP contribution is 2.21. The Kier molecular flexibility index (Phi) is 12.5. The molecule has 6 heteroatoms. The lowest BCUT2D eigenvalue weighted by molar-refractivity contribution is -0.903. The fourth-order valence-corrected chi connectivity index (χ4v) is 3.70. The smallest absolute Gasteiger partial charge is 0.317 e. The number of unbranched alkanes of at least 4 members (excludes halogenated alkanes) is 5. The average molecular weight is 451 g/mol. The maximum absolute atomic E-state index is 12.6. The predicted octanol–water partition coefficient (Wildman–Crippen LogP) is 4.88. The van der Waals surface area contributed by atoms with E-state index in [2.05, 4.69) is 33.2 Å². The Balaban J connectivity index is 2.52. The molecule has 0 bridgehead atoms. The van der Waals surface area contributed by atoms with Crippen LogP contribution in [0.25, 0.3) is 0 Å². The number of rotatable bonds is 16. The van der Waals surface area contributed by atoms with E-state index in [-0.39, 0.29) is 19.8 Å². The molecule has 0 spiro atoms. The zero-order valence-corrected chi connectivity index (χ0v) is 21.1. The van der Waals surface area contributed by atoms with Crippen molar-refractivity contribution < 1.29 is 28.3 Å². The van der Waals surface area contributed by atoms with Gasteiger partial charge in [-0.2, -0.15) is 0 Å². The van der Waals surface area contributed by atoms with Gasteiger partial charge in [-0.05, 0) is 25.3 Å². The molecule has 0 fully saturated rings. The number of methoxy groups -OCH3 is 1. The molecule has 1 unspecified atom stereocenters. The highest BCUT2D eigenvalue weighted by molar-refractivity contribution is 5.77. The topological polar surface area (TPSA) is 61.8 Å². The van der Waals surface area contributed by atoms with Crippen LogP contribution in [0.15, 0.2) is 24.3 Å². The van der Waals surface area contributed by atoms with Gasteiger partial charge in [0.15, 0.2) is 0 Å². The zero-order valence-electron chi connectivity index (χ0n) is 21.1. The summed E-state index contributed by atoms with van der Waals surface area (Å²) in [5.74, 6) is -0.880. The molecule has 0 amide bonds. The van der Waals surface area contributed by atoms with E-state index >= 15 is 0 Å². The molecule has 6 nitrogen and oxygen atoms in total. The van der Waals surface area contributed by atoms with Gasteiger partial charge in [0.2, 0.25) is 0 Å². The Morgan fingerprint density at radius 1 is 0.906 bits per heavy atom. The van der Waals surface area contributed by atoms with Crippen LogP contribution in [0.1, 0.15) is 70.4 Å². The first-order chi connectivity index (χ1) is 15.1. The maximum Gasteiger partial charge on any atom is 0.317 e. The largest absolute Gasteiger partial charge is 0.465 e. The number of ether oxygens (including phenoxy) is 3. The van der Waals surface area contributed by atoms with Crippen molar-refractivity contribution in [3.63, 3.8) is 0 Å². The van der Waals surface area contributed by atoms with Crippen LogP contribution >= 0.6 is 0 Å². The van der Waals surface area contributed by atoms with Crippen LogP contribution in [0.5, 0.6) is 0 Å². The second kappa shape index (κ2) is 14.3.